The first kappa shape index (κ1) is 12.3. The first-order chi connectivity index (χ1) is 7.22. The summed E-state index contributed by atoms with van der Waals surface area (Å²) in [7, 11) is 1.49. The van der Waals surface area contributed by atoms with Crippen molar-refractivity contribution in [2.24, 2.45) is 0 Å². The average molecular weight is 279 g/mol. The standard InChI is InChI=1S/C10H12BrFO3/c1-14-9-5-7(6-13)4-8(11)10(9)15-3-2-12/h4-5,13H,2-3,6H2,1H3. The van der Waals surface area contributed by atoms with E-state index in [0.29, 0.717) is 21.5 Å². The Balaban J connectivity index is 3.01. The minimum absolute atomic E-state index is 0.0204. The maximum absolute atomic E-state index is 12.0. The van der Waals surface area contributed by atoms with Gasteiger partial charge in [0, 0.05) is 0 Å². The van der Waals surface area contributed by atoms with Crippen molar-refractivity contribution in [3.05, 3.63) is 22.2 Å². The molecular weight excluding hydrogens is 267 g/mol. The summed E-state index contributed by atoms with van der Waals surface area (Å²) in [5.41, 5.74) is 0.700. The highest BCUT2D eigenvalue weighted by Gasteiger charge is 2.11. The zero-order chi connectivity index (χ0) is 11.3. The van der Waals surface area contributed by atoms with E-state index in [1.54, 1.807) is 12.1 Å². The van der Waals surface area contributed by atoms with E-state index in [-0.39, 0.29) is 13.2 Å². The fraction of sp³-hybridized carbons (Fsp3) is 0.400. The van der Waals surface area contributed by atoms with Crippen LogP contribution >= 0.6 is 15.9 Å². The predicted octanol–water partition coefficient (Wildman–Crippen LogP) is 2.30. The molecule has 0 heterocycles. The third-order valence-corrected chi connectivity index (χ3v) is 2.38. The largest absolute Gasteiger partial charge is 0.493 e. The number of halogens is 2. The molecule has 0 fully saturated rings. The van der Waals surface area contributed by atoms with Crippen LogP contribution in [0.4, 0.5) is 4.39 Å². The molecule has 1 rings (SSSR count). The smallest absolute Gasteiger partial charge is 0.175 e. The van der Waals surface area contributed by atoms with Gasteiger partial charge < -0.3 is 14.6 Å². The molecule has 0 atom stereocenters. The molecule has 0 saturated heterocycles. The number of hydrogen-bond donors (Lipinski definition) is 1. The molecule has 15 heavy (non-hydrogen) atoms. The topological polar surface area (TPSA) is 38.7 Å². The lowest BCUT2D eigenvalue weighted by molar-refractivity contribution is 0.256. The summed E-state index contributed by atoms with van der Waals surface area (Å²) in [6, 6.07) is 3.36. The van der Waals surface area contributed by atoms with Crippen molar-refractivity contribution < 1.29 is 19.0 Å². The van der Waals surface area contributed by atoms with E-state index in [2.05, 4.69) is 15.9 Å². The van der Waals surface area contributed by atoms with Crippen molar-refractivity contribution >= 4 is 15.9 Å². The number of benzene rings is 1. The van der Waals surface area contributed by atoms with Gasteiger partial charge in [-0.25, -0.2) is 4.39 Å². The van der Waals surface area contributed by atoms with Crippen molar-refractivity contribution in [2.75, 3.05) is 20.4 Å². The van der Waals surface area contributed by atoms with Gasteiger partial charge in [-0.2, -0.15) is 0 Å². The molecule has 0 amide bonds. The summed E-state index contributed by atoms with van der Waals surface area (Å²) in [5.74, 6) is 0.925. The lowest BCUT2D eigenvalue weighted by Crippen LogP contribution is -2.02. The Morgan fingerprint density at radius 3 is 2.73 bits per heavy atom. The van der Waals surface area contributed by atoms with Gasteiger partial charge in [-0.1, -0.05) is 0 Å². The van der Waals surface area contributed by atoms with Crippen LogP contribution < -0.4 is 9.47 Å². The third-order valence-electron chi connectivity index (χ3n) is 1.80. The van der Waals surface area contributed by atoms with Crippen LogP contribution in [0.2, 0.25) is 0 Å². The molecule has 0 aliphatic heterocycles. The van der Waals surface area contributed by atoms with E-state index in [4.69, 9.17) is 14.6 Å². The number of alkyl halides is 1. The number of aliphatic hydroxyl groups excluding tert-OH is 1. The molecule has 84 valence electrons. The molecule has 0 saturated carbocycles. The fourth-order valence-electron chi connectivity index (χ4n) is 1.15. The van der Waals surface area contributed by atoms with Crippen molar-refractivity contribution in [2.45, 2.75) is 6.61 Å². The molecule has 1 aromatic carbocycles. The quantitative estimate of drug-likeness (QED) is 0.898. The van der Waals surface area contributed by atoms with Crippen LogP contribution in [-0.2, 0) is 6.61 Å². The van der Waals surface area contributed by atoms with Gasteiger partial charge in [0.15, 0.2) is 11.5 Å². The van der Waals surface area contributed by atoms with Gasteiger partial charge in [0.25, 0.3) is 0 Å². The molecule has 5 heteroatoms. The van der Waals surface area contributed by atoms with Gasteiger partial charge in [0.2, 0.25) is 0 Å². The third kappa shape index (κ3) is 3.07. The van der Waals surface area contributed by atoms with E-state index in [9.17, 15) is 4.39 Å². The molecule has 1 aromatic rings. The zero-order valence-electron chi connectivity index (χ0n) is 8.30. The summed E-state index contributed by atoms with van der Waals surface area (Å²) < 4.78 is 22.9. The van der Waals surface area contributed by atoms with E-state index >= 15 is 0 Å². The molecule has 0 radical (unpaired) electrons. The molecule has 0 unspecified atom stereocenters. The summed E-state index contributed by atoms with van der Waals surface area (Å²) >= 11 is 3.27. The van der Waals surface area contributed by atoms with Crippen LogP contribution in [0.5, 0.6) is 11.5 Å². The van der Waals surface area contributed by atoms with Gasteiger partial charge in [-0.3, -0.25) is 0 Å². The number of hydrogen-bond acceptors (Lipinski definition) is 3. The van der Waals surface area contributed by atoms with Crippen LogP contribution in [0.15, 0.2) is 16.6 Å². The summed E-state index contributed by atoms with van der Waals surface area (Å²) in [4.78, 5) is 0. The van der Waals surface area contributed by atoms with Gasteiger partial charge in [-0.05, 0) is 33.6 Å². The average Bonchev–Trinajstić information content (AvgIpc) is 2.26. The number of methoxy groups -OCH3 is 1. The maximum Gasteiger partial charge on any atom is 0.175 e. The lowest BCUT2D eigenvalue weighted by atomic mass is 10.2. The molecule has 0 spiro atoms. The van der Waals surface area contributed by atoms with Gasteiger partial charge in [0.1, 0.15) is 13.3 Å². The van der Waals surface area contributed by atoms with Crippen molar-refractivity contribution in [3.8, 4) is 11.5 Å². The maximum atomic E-state index is 12.0. The molecular formula is C10H12BrFO3. The normalized spacial score (nSPS) is 10.1. The van der Waals surface area contributed by atoms with Crippen LogP contribution in [0, 0.1) is 0 Å². The van der Waals surface area contributed by atoms with Crippen LogP contribution in [-0.4, -0.2) is 25.5 Å². The Morgan fingerprint density at radius 1 is 1.47 bits per heavy atom. The van der Waals surface area contributed by atoms with Crippen LogP contribution in [0.3, 0.4) is 0 Å². The fourth-order valence-corrected chi connectivity index (χ4v) is 1.75. The summed E-state index contributed by atoms with van der Waals surface area (Å²) in [6.45, 7) is -0.664. The highest BCUT2D eigenvalue weighted by molar-refractivity contribution is 9.10. The molecule has 0 aliphatic rings. The highest BCUT2D eigenvalue weighted by Crippen LogP contribution is 2.36. The number of ether oxygens (including phenoxy) is 2. The first-order valence-electron chi connectivity index (χ1n) is 4.39. The molecule has 0 aliphatic carbocycles. The Kier molecular flexibility index (Phi) is 4.84. The molecule has 0 aromatic heterocycles. The van der Waals surface area contributed by atoms with E-state index < -0.39 is 6.67 Å². The van der Waals surface area contributed by atoms with Gasteiger partial charge in [0.05, 0.1) is 18.2 Å². The monoisotopic (exact) mass is 278 g/mol. The van der Waals surface area contributed by atoms with Crippen molar-refractivity contribution in [1.29, 1.82) is 0 Å². The Hall–Kier alpha value is -0.810. The summed E-state index contributed by atoms with van der Waals surface area (Å²) in [5, 5.41) is 8.97. The first-order valence-corrected chi connectivity index (χ1v) is 5.18. The van der Waals surface area contributed by atoms with E-state index in [0.717, 1.165) is 0 Å². The van der Waals surface area contributed by atoms with E-state index in [1.165, 1.54) is 7.11 Å². The highest BCUT2D eigenvalue weighted by atomic mass is 79.9. The number of rotatable bonds is 5. The van der Waals surface area contributed by atoms with Crippen LogP contribution in [0.25, 0.3) is 0 Å². The molecule has 0 bridgehead atoms. The predicted molar refractivity (Wildman–Crippen MR) is 58.1 cm³/mol. The van der Waals surface area contributed by atoms with Gasteiger partial charge in [-0.15, -0.1) is 0 Å². The lowest BCUT2D eigenvalue weighted by Gasteiger charge is -2.12. The minimum Gasteiger partial charge on any atom is -0.493 e. The Bertz CT molecular complexity index is 331. The van der Waals surface area contributed by atoms with Crippen LogP contribution in [0.1, 0.15) is 5.56 Å². The molecule has 3 nitrogen and oxygen atoms in total. The van der Waals surface area contributed by atoms with Crippen molar-refractivity contribution in [1.82, 2.24) is 0 Å². The molecule has 1 N–H and O–H groups in total. The number of aliphatic hydroxyl groups is 1. The Labute approximate surface area is 95.9 Å². The second kappa shape index (κ2) is 5.92. The second-order valence-electron chi connectivity index (χ2n) is 2.80. The van der Waals surface area contributed by atoms with E-state index in [1.807, 2.05) is 0 Å². The summed E-state index contributed by atoms with van der Waals surface area (Å²) in [6.07, 6.45) is 0. The van der Waals surface area contributed by atoms with Crippen molar-refractivity contribution in [3.63, 3.8) is 0 Å². The second-order valence-corrected chi connectivity index (χ2v) is 3.66. The SMILES string of the molecule is COc1cc(CO)cc(Br)c1OCCF. The Morgan fingerprint density at radius 2 is 2.20 bits per heavy atom. The zero-order valence-corrected chi connectivity index (χ0v) is 9.88. The minimum atomic E-state index is -0.558. The van der Waals surface area contributed by atoms with Gasteiger partial charge >= 0.3 is 0 Å².